The molecule has 24 heavy (non-hydrogen) atoms. The van der Waals surface area contributed by atoms with Crippen LogP contribution in [0.3, 0.4) is 0 Å². The summed E-state index contributed by atoms with van der Waals surface area (Å²) >= 11 is 0. The van der Waals surface area contributed by atoms with Crippen molar-refractivity contribution >= 4 is 0 Å². The van der Waals surface area contributed by atoms with Crippen LogP contribution in [0.15, 0.2) is 0 Å². The smallest absolute Gasteiger partial charge is 0.260 e. The van der Waals surface area contributed by atoms with Crippen LogP contribution in [0.4, 0.5) is 4.39 Å². The van der Waals surface area contributed by atoms with Crippen molar-refractivity contribution in [1.29, 1.82) is 0 Å². The standard InChI is InChI=1S/C16H24FNO6/c1-8-10(17)9(12(20)13(21)11(8)19)16(22,23)18-6-14(2,3)24-15(4,5)7-18/h19-23H,6-7H2,1-5H3. The molecule has 8 heteroatoms. The van der Waals surface area contributed by atoms with Gasteiger partial charge in [-0.05, 0) is 34.6 Å². The molecule has 0 spiro atoms. The van der Waals surface area contributed by atoms with Crippen LogP contribution in [0, 0.1) is 12.7 Å². The van der Waals surface area contributed by atoms with E-state index >= 15 is 0 Å². The van der Waals surface area contributed by atoms with Gasteiger partial charge in [0, 0.05) is 18.7 Å². The second-order valence-electron chi connectivity index (χ2n) is 7.47. The van der Waals surface area contributed by atoms with Gasteiger partial charge in [0.2, 0.25) is 5.75 Å². The van der Waals surface area contributed by atoms with Crippen molar-refractivity contribution in [3.63, 3.8) is 0 Å². The van der Waals surface area contributed by atoms with Crippen molar-refractivity contribution in [1.82, 2.24) is 4.90 Å². The van der Waals surface area contributed by atoms with Gasteiger partial charge in [-0.2, -0.15) is 0 Å². The summed E-state index contributed by atoms with van der Waals surface area (Å²) in [6.45, 7) is 8.18. The first kappa shape index (κ1) is 18.7. The van der Waals surface area contributed by atoms with Crippen molar-refractivity contribution in [3.05, 3.63) is 16.9 Å². The number of aromatic hydroxyl groups is 3. The predicted molar refractivity (Wildman–Crippen MR) is 83.1 cm³/mol. The first-order valence-electron chi connectivity index (χ1n) is 7.53. The number of benzene rings is 1. The zero-order chi connectivity index (χ0) is 18.7. The van der Waals surface area contributed by atoms with E-state index in [0.717, 1.165) is 11.8 Å². The van der Waals surface area contributed by atoms with E-state index in [1.165, 1.54) is 0 Å². The molecule has 0 atom stereocenters. The summed E-state index contributed by atoms with van der Waals surface area (Å²) in [6, 6.07) is 0. The molecule has 1 aromatic carbocycles. The van der Waals surface area contributed by atoms with E-state index in [1.54, 1.807) is 27.7 Å². The summed E-state index contributed by atoms with van der Waals surface area (Å²) in [5, 5.41) is 50.5. The zero-order valence-electron chi connectivity index (χ0n) is 14.4. The van der Waals surface area contributed by atoms with Gasteiger partial charge in [-0.3, -0.25) is 0 Å². The molecule has 0 aromatic heterocycles. The van der Waals surface area contributed by atoms with Gasteiger partial charge >= 0.3 is 0 Å². The predicted octanol–water partition coefficient (Wildman–Crippen LogP) is 1.24. The minimum absolute atomic E-state index is 0.0307. The fraction of sp³-hybridized carbons (Fsp3) is 0.625. The molecule has 1 heterocycles. The van der Waals surface area contributed by atoms with Crippen molar-refractivity contribution in [2.75, 3.05) is 13.1 Å². The van der Waals surface area contributed by atoms with Crippen molar-refractivity contribution in [3.8, 4) is 17.2 Å². The van der Waals surface area contributed by atoms with E-state index in [1.807, 2.05) is 0 Å². The molecule has 136 valence electrons. The second kappa shape index (κ2) is 5.45. The van der Waals surface area contributed by atoms with E-state index in [-0.39, 0.29) is 13.1 Å². The first-order chi connectivity index (χ1) is 10.7. The highest BCUT2D eigenvalue weighted by Gasteiger charge is 2.49. The summed E-state index contributed by atoms with van der Waals surface area (Å²) in [5.41, 5.74) is -2.85. The zero-order valence-corrected chi connectivity index (χ0v) is 14.4. The third-order valence-corrected chi connectivity index (χ3v) is 4.06. The van der Waals surface area contributed by atoms with E-state index < -0.39 is 51.3 Å². The Labute approximate surface area is 139 Å². The van der Waals surface area contributed by atoms with E-state index in [9.17, 15) is 29.9 Å². The quantitative estimate of drug-likeness (QED) is 0.405. The molecule has 0 amide bonds. The molecule has 2 rings (SSSR count). The number of halogens is 1. The van der Waals surface area contributed by atoms with E-state index in [4.69, 9.17) is 4.74 Å². The molecule has 5 N–H and O–H groups in total. The lowest BCUT2D eigenvalue weighted by molar-refractivity contribution is -0.323. The molecule has 0 aliphatic carbocycles. The Kier molecular flexibility index (Phi) is 4.25. The van der Waals surface area contributed by atoms with Gasteiger partial charge in [-0.25, -0.2) is 9.29 Å². The molecular weight excluding hydrogens is 321 g/mol. The van der Waals surface area contributed by atoms with Gasteiger partial charge in [0.1, 0.15) is 11.4 Å². The molecule has 0 radical (unpaired) electrons. The lowest BCUT2D eigenvalue weighted by Gasteiger charge is -2.50. The van der Waals surface area contributed by atoms with Crippen LogP contribution in [0.5, 0.6) is 17.2 Å². The van der Waals surface area contributed by atoms with Crippen molar-refractivity contribution < 1.29 is 34.7 Å². The lowest BCUT2D eigenvalue weighted by Crippen LogP contribution is -2.63. The highest BCUT2D eigenvalue weighted by atomic mass is 19.1. The molecule has 1 aliphatic heterocycles. The van der Waals surface area contributed by atoms with Crippen LogP contribution in [0.2, 0.25) is 0 Å². The van der Waals surface area contributed by atoms with Gasteiger partial charge in [0.25, 0.3) is 5.91 Å². The minimum atomic E-state index is -2.91. The van der Waals surface area contributed by atoms with E-state index in [0.29, 0.717) is 0 Å². The Morgan fingerprint density at radius 2 is 1.42 bits per heavy atom. The molecule has 1 aliphatic rings. The maximum absolute atomic E-state index is 14.5. The number of phenols is 3. The Balaban J connectivity index is 2.59. The highest BCUT2D eigenvalue weighted by molar-refractivity contribution is 5.59. The Morgan fingerprint density at radius 1 is 0.958 bits per heavy atom. The second-order valence-corrected chi connectivity index (χ2v) is 7.47. The molecule has 0 unspecified atom stereocenters. The molecule has 1 saturated heterocycles. The Bertz CT molecular complexity index is 626. The largest absolute Gasteiger partial charge is 0.504 e. The third kappa shape index (κ3) is 3.02. The number of morpholine rings is 1. The van der Waals surface area contributed by atoms with Crippen LogP contribution < -0.4 is 0 Å². The summed E-state index contributed by atoms with van der Waals surface area (Å²) in [4.78, 5) is 1.14. The normalized spacial score (nSPS) is 21.0. The van der Waals surface area contributed by atoms with Crippen LogP contribution in [0.25, 0.3) is 0 Å². The van der Waals surface area contributed by atoms with Crippen molar-refractivity contribution in [2.24, 2.45) is 0 Å². The van der Waals surface area contributed by atoms with Crippen LogP contribution >= 0.6 is 0 Å². The van der Waals surface area contributed by atoms with Gasteiger partial charge in [-0.1, -0.05) is 0 Å². The number of hydrogen-bond donors (Lipinski definition) is 5. The Morgan fingerprint density at radius 3 is 1.88 bits per heavy atom. The first-order valence-corrected chi connectivity index (χ1v) is 7.53. The van der Waals surface area contributed by atoms with Crippen LogP contribution in [-0.4, -0.2) is 54.7 Å². The average molecular weight is 345 g/mol. The van der Waals surface area contributed by atoms with Gasteiger partial charge < -0.3 is 30.3 Å². The average Bonchev–Trinajstić information content (AvgIpc) is 2.39. The van der Waals surface area contributed by atoms with Crippen molar-refractivity contribution in [2.45, 2.75) is 51.7 Å². The maximum Gasteiger partial charge on any atom is 0.260 e. The fourth-order valence-electron chi connectivity index (χ4n) is 3.28. The summed E-state index contributed by atoms with van der Waals surface area (Å²) in [5.74, 6) is -7.12. The fourth-order valence-corrected chi connectivity index (χ4v) is 3.28. The molecule has 7 nitrogen and oxygen atoms in total. The number of phenolic OH excluding ortho intramolecular Hbond substituents is 3. The SMILES string of the molecule is Cc1c(O)c(O)c(O)c(C(O)(O)N2CC(C)(C)OC(C)(C)C2)c1F. The third-order valence-electron chi connectivity index (χ3n) is 4.06. The number of ether oxygens (including phenoxy) is 1. The van der Waals surface area contributed by atoms with Gasteiger partial charge in [0.15, 0.2) is 11.5 Å². The molecule has 0 bridgehead atoms. The number of nitrogens with zero attached hydrogens (tertiary/aromatic N) is 1. The molecule has 1 aromatic rings. The molecular formula is C16H24FNO6. The monoisotopic (exact) mass is 345 g/mol. The summed E-state index contributed by atoms with van der Waals surface area (Å²) < 4.78 is 20.4. The van der Waals surface area contributed by atoms with E-state index in [2.05, 4.69) is 0 Å². The molecule has 0 saturated carbocycles. The maximum atomic E-state index is 14.5. The lowest BCUT2D eigenvalue weighted by atomic mass is 9.95. The number of aliphatic hydroxyl groups is 2. The number of hydrogen-bond acceptors (Lipinski definition) is 7. The number of rotatable bonds is 2. The Hall–Kier alpha value is -1.61. The minimum Gasteiger partial charge on any atom is -0.504 e. The summed E-state index contributed by atoms with van der Waals surface area (Å²) in [6.07, 6.45) is 0. The summed E-state index contributed by atoms with van der Waals surface area (Å²) in [7, 11) is 0. The van der Waals surface area contributed by atoms with Crippen LogP contribution in [0.1, 0.15) is 38.8 Å². The van der Waals surface area contributed by atoms with Gasteiger partial charge in [-0.15, -0.1) is 0 Å². The molecule has 1 fully saturated rings. The van der Waals surface area contributed by atoms with Gasteiger partial charge in [0.05, 0.1) is 11.2 Å². The topological polar surface area (TPSA) is 114 Å². The highest BCUT2D eigenvalue weighted by Crippen LogP contribution is 2.47. The van der Waals surface area contributed by atoms with Crippen LogP contribution in [-0.2, 0) is 10.6 Å².